The van der Waals surface area contributed by atoms with Crippen LogP contribution in [0.25, 0.3) is 0 Å². The quantitative estimate of drug-likeness (QED) is 0.757. The Morgan fingerprint density at radius 1 is 1.50 bits per heavy atom. The van der Waals surface area contributed by atoms with E-state index in [1.165, 1.54) is 24.0 Å². The monoisotopic (exact) mass is 209 g/mol. The molecule has 0 aromatic heterocycles. The fraction of sp³-hybridized carbons (Fsp3) is 0.500. The van der Waals surface area contributed by atoms with Gasteiger partial charge >= 0.3 is 0 Å². The number of halogens is 1. The van der Waals surface area contributed by atoms with Crippen LogP contribution in [0, 0.1) is 0 Å². The van der Waals surface area contributed by atoms with E-state index < -0.39 is 0 Å². The summed E-state index contributed by atoms with van der Waals surface area (Å²) in [6.45, 7) is 2.97. The predicted octanol–water partition coefficient (Wildman–Crippen LogP) is 2.89. The number of hydrogen-bond donors (Lipinski definition) is 1. The molecule has 1 aliphatic carbocycles. The maximum Gasteiger partial charge on any atom is 0.0408 e. The van der Waals surface area contributed by atoms with Gasteiger partial charge in [-0.15, -0.1) is 0 Å². The van der Waals surface area contributed by atoms with Gasteiger partial charge in [0.25, 0.3) is 0 Å². The molecule has 0 spiro atoms. The van der Waals surface area contributed by atoms with Crippen molar-refractivity contribution in [1.82, 2.24) is 0 Å². The van der Waals surface area contributed by atoms with Gasteiger partial charge in [-0.3, -0.25) is 0 Å². The highest BCUT2D eigenvalue weighted by Gasteiger charge is 2.30. The minimum absolute atomic E-state index is 0.165. The lowest BCUT2D eigenvalue weighted by Gasteiger charge is -2.35. The Morgan fingerprint density at radius 3 is 3.00 bits per heavy atom. The van der Waals surface area contributed by atoms with Gasteiger partial charge in [-0.1, -0.05) is 24.6 Å². The van der Waals surface area contributed by atoms with E-state index in [0.29, 0.717) is 0 Å². The Kier molecular flexibility index (Phi) is 2.54. The number of aryl methyl sites for hydroxylation is 1. The largest absolute Gasteiger partial charge is 0.330 e. The van der Waals surface area contributed by atoms with E-state index in [1.807, 2.05) is 6.07 Å². The van der Waals surface area contributed by atoms with Crippen LogP contribution in [0.3, 0.4) is 0 Å². The van der Waals surface area contributed by atoms with E-state index in [1.54, 1.807) is 0 Å². The van der Waals surface area contributed by atoms with Crippen molar-refractivity contribution in [3.05, 3.63) is 34.3 Å². The zero-order valence-electron chi connectivity index (χ0n) is 8.52. The second-order valence-electron chi connectivity index (χ2n) is 4.42. The van der Waals surface area contributed by atoms with Gasteiger partial charge < -0.3 is 5.73 Å². The average Bonchev–Trinajstić information content (AvgIpc) is 2.18. The predicted molar refractivity (Wildman–Crippen MR) is 60.8 cm³/mol. The summed E-state index contributed by atoms with van der Waals surface area (Å²) in [6.07, 6.45) is 3.56. The first-order valence-corrected chi connectivity index (χ1v) is 5.52. The second kappa shape index (κ2) is 3.56. The molecule has 1 nitrogen and oxygen atoms in total. The molecule has 0 aliphatic heterocycles. The van der Waals surface area contributed by atoms with Crippen molar-refractivity contribution in [3.8, 4) is 0 Å². The normalized spacial score (nSPS) is 25.9. The summed E-state index contributed by atoms with van der Waals surface area (Å²) in [6, 6.07) is 6.20. The van der Waals surface area contributed by atoms with Crippen molar-refractivity contribution in [3.63, 3.8) is 0 Å². The maximum atomic E-state index is 5.98. The van der Waals surface area contributed by atoms with Gasteiger partial charge in [-0.05, 0) is 42.5 Å². The van der Waals surface area contributed by atoms with Crippen LogP contribution in [0.5, 0.6) is 0 Å². The van der Waals surface area contributed by atoms with Crippen molar-refractivity contribution in [1.29, 1.82) is 0 Å². The summed E-state index contributed by atoms with van der Waals surface area (Å²) in [5.41, 5.74) is 8.81. The summed E-state index contributed by atoms with van der Waals surface area (Å²) in [5, 5.41) is 0.838. The standard InChI is InChI=1S/C12H16ClN/c1-12(8-14)6-2-3-9-7-10(13)4-5-11(9)12/h4-5,7H,2-3,6,8,14H2,1H3. The lowest BCUT2D eigenvalue weighted by Crippen LogP contribution is -2.35. The van der Waals surface area contributed by atoms with Crippen molar-refractivity contribution >= 4 is 11.6 Å². The molecule has 1 atom stereocenters. The first-order chi connectivity index (χ1) is 6.65. The van der Waals surface area contributed by atoms with Gasteiger partial charge in [0.2, 0.25) is 0 Å². The SMILES string of the molecule is CC1(CN)CCCc2cc(Cl)ccc21. The van der Waals surface area contributed by atoms with Crippen molar-refractivity contribution in [2.24, 2.45) is 5.73 Å². The second-order valence-corrected chi connectivity index (χ2v) is 4.86. The van der Waals surface area contributed by atoms with Crippen LogP contribution in [0.4, 0.5) is 0 Å². The molecular formula is C12H16ClN. The van der Waals surface area contributed by atoms with Gasteiger partial charge in [0, 0.05) is 17.0 Å². The Hall–Kier alpha value is -0.530. The van der Waals surface area contributed by atoms with Gasteiger partial charge in [0.15, 0.2) is 0 Å². The molecule has 0 bridgehead atoms. The molecule has 0 fully saturated rings. The van der Waals surface area contributed by atoms with E-state index in [4.69, 9.17) is 17.3 Å². The van der Waals surface area contributed by atoms with Crippen LogP contribution in [0.1, 0.15) is 30.9 Å². The number of rotatable bonds is 1. The molecular weight excluding hydrogens is 194 g/mol. The molecule has 0 radical (unpaired) electrons. The van der Waals surface area contributed by atoms with Crippen molar-refractivity contribution in [2.45, 2.75) is 31.6 Å². The van der Waals surface area contributed by atoms with Crippen LogP contribution in [-0.2, 0) is 11.8 Å². The first kappa shape index (κ1) is 10.0. The topological polar surface area (TPSA) is 26.0 Å². The van der Waals surface area contributed by atoms with E-state index in [9.17, 15) is 0 Å². The fourth-order valence-corrected chi connectivity index (χ4v) is 2.57. The van der Waals surface area contributed by atoms with Crippen LogP contribution >= 0.6 is 11.6 Å². The molecule has 76 valence electrons. The number of nitrogens with two attached hydrogens (primary N) is 1. The highest BCUT2D eigenvalue weighted by atomic mass is 35.5. The summed E-state index contributed by atoms with van der Waals surface area (Å²) in [4.78, 5) is 0. The zero-order valence-corrected chi connectivity index (χ0v) is 9.27. The molecule has 2 rings (SSSR count). The van der Waals surface area contributed by atoms with Crippen LogP contribution in [0.15, 0.2) is 18.2 Å². The highest BCUT2D eigenvalue weighted by molar-refractivity contribution is 6.30. The smallest absolute Gasteiger partial charge is 0.0408 e. The molecule has 0 amide bonds. The summed E-state index contributed by atoms with van der Waals surface area (Å²) in [7, 11) is 0. The van der Waals surface area contributed by atoms with Gasteiger partial charge in [0.05, 0.1) is 0 Å². The third-order valence-electron chi connectivity index (χ3n) is 3.34. The first-order valence-electron chi connectivity index (χ1n) is 5.15. The minimum Gasteiger partial charge on any atom is -0.330 e. The molecule has 14 heavy (non-hydrogen) atoms. The third-order valence-corrected chi connectivity index (χ3v) is 3.58. The number of hydrogen-bond acceptors (Lipinski definition) is 1. The Labute approximate surface area is 90.3 Å². The fourth-order valence-electron chi connectivity index (χ4n) is 2.37. The number of benzene rings is 1. The molecule has 0 heterocycles. The summed E-state index contributed by atoms with van der Waals surface area (Å²) in [5.74, 6) is 0. The lowest BCUT2D eigenvalue weighted by molar-refractivity contribution is 0.404. The lowest BCUT2D eigenvalue weighted by atomic mass is 9.71. The molecule has 0 saturated heterocycles. The average molecular weight is 210 g/mol. The molecule has 1 aromatic rings. The Bertz CT molecular complexity index is 348. The zero-order chi connectivity index (χ0) is 10.2. The molecule has 1 unspecified atom stereocenters. The van der Waals surface area contributed by atoms with Crippen LogP contribution in [0.2, 0.25) is 5.02 Å². The van der Waals surface area contributed by atoms with E-state index in [-0.39, 0.29) is 5.41 Å². The van der Waals surface area contributed by atoms with Gasteiger partial charge in [-0.25, -0.2) is 0 Å². The van der Waals surface area contributed by atoms with Crippen molar-refractivity contribution < 1.29 is 0 Å². The maximum absolute atomic E-state index is 5.98. The highest BCUT2D eigenvalue weighted by Crippen LogP contribution is 2.37. The van der Waals surface area contributed by atoms with Crippen LogP contribution in [-0.4, -0.2) is 6.54 Å². The van der Waals surface area contributed by atoms with Gasteiger partial charge in [-0.2, -0.15) is 0 Å². The molecule has 0 saturated carbocycles. The van der Waals surface area contributed by atoms with E-state index >= 15 is 0 Å². The van der Waals surface area contributed by atoms with Crippen molar-refractivity contribution in [2.75, 3.05) is 6.54 Å². The van der Waals surface area contributed by atoms with E-state index in [2.05, 4.69) is 19.1 Å². The Balaban J connectivity index is 2.50. The van der Waals surface area contributed by atoms with Crippen LogP contribution < -0.4 is 5.73 Å². The minimum atomic E-state index is 0.165. The third kappa shape index (κ3) is 1.55. The molecule has 1 aliphatic rings. The Morgan fingerprint density at radius 2 is 2.29 bits per heavy atom. The molecule has 2 N–H and O–H groups in total. The molecule has 2 heteroatoms. The summed E-state index contributed by atoms with van der Waals surface area (Å²) >= 11 is 5.98. The number of fused-ring (bicyclic) bond motifs is 1. The van der Waals surface area contributed by atoms with Gasteiger partial charge in [0.1, 0.15) is 0 Å². The van der Waals surface area contributed by atoms with E-state index in [0.717, 1.165) is 18.0 Å². The molecule has 1 aromatic carbocycles. The summed E-state index contributed by atoms with van der Waals surface area (Å²) < 4.78 is 0.